The number of nitrogens with zero attached hydrogens (tertiary/aromatic N) is 3. The fourth-order valence-electron chi connectivity index (χ4n) is 4.30. The highest BCUT2D eigenvalue weighted by Crippen LogP contribution is 2.38. The third-order valence-electron chi connectivity index (χ3n) is 6.06. The molecule has 0 fully saturated rings. The number of para-hydroxylation sites is 1. The minimum absolute atomic E-state index is 0.255. The minimum Gasteiger partial charge on any atom is -0.610 e. The summed E-state index contributed by atoms with van der Waals surface area (Å²) in [6.07, 6.45) is -1.63. The Morgan fingerprint density at radius 1 is 1.13 bits per heavy atom. The molecule has 0 saturated heterocycles. The molecule has 39 heavy (non-hydrogen) atoms. The van der Waals surface area contributed by atoms with Crippen LogP contribution >= 0.6 is 12.2 Å². The van der Waals surface area contributed by atoms with Crippen molar-refractivity contribution < 1.29 is 22.5 Å². The molecule has 3 aromatic carbocycles. The molecule has 1 aliphatic heterocycles. The van der Waals surface area contributed by atoms with Crippen LogP contribution in [0.2, 0.25) is 0 Å². The number of aryl methyl sites for hydroxylation is 2. The summed E-state index contributed by atoms with van der Waals surface area (Å²) in [6, 6.07) is 17.0. The van der Waals surface area contributed by atoms with Crippen molar-refractivity contribution in [3.8, 4) is 22.7 Å². The van der Waals surface area contributed by atoms with E-state index in [0.717, 1.165) is 33.5 Å². The topological polar surface area (TPSA) is 86.5 Å². The predicted octanol–water partition coefficient (Wildman–Crippen LogP) is 6.00. The highest BCUT2D eigenvalue weighted by atomic mass is 32.2. The van der Waals surface area contributed by atoms with Gasteiger partial charge >= 0.3 is 6.36 Å². The predicted molar refractivity (Wildman–Crippen MR) is 149 cm³/mol. The van der Waals surface area contributed by atoms with Crippen molar-refractivity contribution in [2.45, 2.75) is 31.0 Å². The summed E-state index contributed by atoms with van der Waals surface area (Å²) >= 11 is 3.93. The van der Waals surface area contributed by atoms with Gasteiger partial charge in [-0.3, -0.25) is 9.99 Å². The zero-order chi connectivity index (χ0) is 27.7. The van der Waals surface area contributed by atoms with Crippen molar-refractivity contribution in [1.82, 2.24) is 15.0 Å². The van der Waals surface area contributed by atoms with E-state index in [2.05, 4.69) is 25.6 Å². The van der Waals surface area contributed by atoms with Crippen LogP contribution in [-0.4, -0.2) is 31.8 Å². The molecule has 2 heterocycles. The maximum absolute atomic E-state index is 13.2. The Balaban J connectivity index is 1.31. The normalized spacial score (nSPS) is 14.6. The van der Waals surface area contributed by atoms with E-state index in [1.165, 1.54) is 30.6 Å². The summed E-state index contributed by atoms with van der Waals surface area (Å²) < 4.78 is 56.2. The first kappa shape index (κ1) is 26.7. The van der Waals surface area contributed by atoms with Gasteiger partial charge in [-0.25, -0.2) is 4.98 Å². The molecule has 2 N–H and O–H groups in total. The number of fused-ring (bicyclic) bond motifs is 3. The highest BCUT2D eigenvalue weighted by molar-refractivity contribution is 7.90. The smallest absolute Gasteiger partial charge is 0.573 e. The molecule has 200 valence electrons. The van der Waals surface area contributed by atoms with E-state index in [1.807, 2.05) is 50.2 Å². The van der Waals surface area contributed by atoms with Crippen LogP contribution in [0.15, 0.2) is 77.1 Å². The number of anilines is 1. The van der Waals surface area contributed by atoms with Gasteiger partial charge in [0.05, 0.1) is 11.9 Å². The Hall–Kier alpha value is -3.87. The molecule has 0 spiro atoms. The number of hydrogen-bond acceptors (Lipinski definition) is 5. The van der Waals surface area contributed by atoms with Crippen molar-refractivity contribution in [1.29, 1.82) is 0 Å². The fraction of sp³-hybridized carbons (Fsp3) is 0.148. The molecule has 12 heteroatoms. The Kier molecular flexibility index (Phi) is 7.34. The first-order chi connectivity index (χ1) is 18.6. The average molecular weight is 570 g/mol. The molecule has 0 bridgehead atoms. The van der Waals surface area contributed by atoms with Crippen LogP contribution < -0.4 is 15.5 Å². The van der Waals surface area contributed by atoms with Gasteiger partial charge in [0.25, 0.3) is 5.03 Å². The molecule has 0 amide bonds. The number of alkyl halides is 3. The number of hydrogen-bond donors (Lipinski definition) is 2. The molecular formula is C27H22F3N5O2S2. The zero-order valence-electron chi connectivity index (χ0n) is 20.7. The number of hydrazone groups is 1. The Bertz CT molecular complexity index is 1550. The standard InChI is InChI=1S/C27H22F3N5O2S2/c1-16-4-3-5-17(2)23(16)33-26(38)34-32-13-18-6-11-22-19(12-18)14-39(36)25-24(22)31-15-35(25)20-7-9-21(10-8-20)37-27(28,29)30/h3-13,15H,14H2,1-2H3,(H2,33,34,38)/b32-13+. The lowest BCUT2D eigenvalue weighted by Gasteiger charge is -2.20. The van der Waals surface area contributed by atoms with E-state index < -0.39 is 17.5 Å². The number of aromatic nitrogens is 2. The van der Waals surface area contributed by atoms with Crippen molar-refractivity contribution in [3.63, 3.8) is 0 Å². The molecule has 7 nitrogen and oxygen atoms in total. The Morgan fingerprint density at radius 2 is 1.85 bits per heavy atom. The largest absolute Gasteiger partial charge is 0.610 e. The molecular weight excluding hydrogens is 547 g/mol. The van der Waals surface area contributed by atoms with E-state index in [9.17, 15) is 17.7 Å². The first-order valence-electron chi connectivity index (χ1n) is 11.7. The van der Waals surface area contributed by atoms with Crippen LogP contribution in [0, 0.1) is 13.8 Å². The highest BCUT2D eigenvalue weighted by Gasteiger charge is 2.33. The maximum atomic E-state index is 13.2. The van der Waals surface area contributed by atoms with Gasteiger partial charge in [-0.05, 0) is 73.1 Å². The molecule has 1 unspecified atom stereocenters. The number of benzene rings is 3. The molecule has 0 aliphatic carbocycles. The number of halogens is 3. The van der Waals surface area contributed by atoms with Gasteiger partial charge in [0, 0.05) is 28.0 Å². The molecule has 1 aliphatic rings. The summed E-state index contributed by atoms with van der Waals surface area (Å²) in [5.74, 6) is -0.0810. The maximum Gasteiger partial charge on any atom is 0.573 e. The molecule has 0 radical (unpaired) electrons. The average Bonchev–Trinajstić information content (AvgIpc) is 3.32. The molecule has 0 saturated carbocycles. The van der Waals surface area contributed by atoms with Crippen molar-refractivity contribution in [3.05, 3.63) is 89.2 Å². The van der Waals surface area contributed by atoms with Crippen LogP contribution in [0.3, 0.4) is 0 Å². The van der Waals surface area contributed by atoms with Crippen LogP contribution in [0.4, 0.5) is 18.9 Å². The summed E-state index contributed by atoms with van der Waals surface area (Å²) in [7, 11) is 0. The van der Waals surface area contributed by atoms with E-state index in [0.29, 0.717) is 21.5 Å². The second kappa shape index (κ2) is 10.7. The molecule has 4 aromatic rings. The number of rotatable bonds is 5. The van der Waals surface area contributed by atoms with E-state index in [4.69, 9.17) is 12.2 Å². The van der Waals surface area contributed by atoms with Gasteiger partial charge in [0.15, 0.2) is 5.11 Å². The third kappa shape index (κ3) is 5.92. The zero-order valence-corrected chi connectivity index (χ0v) is 22.4. The van der Waals surface area contributed by atoms with Gasteiger partial charge in [0.2, 0.25) is 0 Å². The first-order valence-corrected chi connectivity index (χ1v) is 13.4. The monoisotopic (exact) mass is 569 g/mol. The molecule has 1 atom stereocenters. The third-order valence-corrected chi connectivity index (χ3v) is 7.65. The van der Waals surface area contributed by atoms with Gasteiger partial charge in [-0.2, -0.15) is 5.10 Å². The van der Waals surface area contributed by atoms with E-state index >= 15 is 0 Å². The fourth-order valence-corrected chi connectivity index (χ4v) is 5.87. The van der Waals surface area contributed by atoms with Crippen LogP contribution in [-0.2, 0) is 16.9 Å². The minimum atomic E-state index is -4.77. The van der Waals surface area contributed by atoms with Gasteiger partial charge in [-0.15, -0.1) is 13.2 Å². The lowest BCUT2D eigenvalue weighted by molar-refractivity contribution is -0.274. The Labute approximate surface area is 230 Å². The number of nitrogens with one attached hydrogen (secondary N) is 2. The van der Waals surface area contributed by atoms with Crippen LogP contribution in [0.25, 0.3) is 16.9 Å². The van der Waals surface area contributed by atoms with Crippen LogP contribution in [0.1, 0.15) is 22.3 Å². The number of ether oxygens (including phenoxy) is 1. The Morgan fingerprint density at radius 3 is 2.54 bits per heavy atom. The lowest BCUT2D eigenvalue weighted by Crippen LogP contribution is -2.24. The van der Waals surface area contributed by atoms with Gasteiger partial charge in [0.1, 0.15) is 23.5 Å². The van der Waals surface area contributed by atoms with E-state index in [1.54, 1.807) is 10.8 Å². The summed E-state index contributed by atoms with van der Waals surface area (Å²) in [4.78, 5) is 4.46. The quantitative estimate of drug-likeness (QED) is 0.133. The second-order valence-electron chi connectivity index (χ2n) is 8.81. The second-order valence-corrected chi connectivity index (χ2v) is 10.6. The summed E-state index contributed by atoms with van der Waals surface area (Å²) in [6.45, 7) is 3.99. The lowest BCUT2D eigenvalue weighted by atomic mass is 10.0. The SMILES string of the molecule is Cc1cccc(C)c1NC(=S)N/N=C/c1ccc2c(c1)C[S+]([O-])c1c-2ncn1-c1ccc(OC(F)(F)F)cc1. The molecule has 5 rings (SSSR count). The van der Waals surface area contributed by atoms with Crippen molar-refractivity contribution in [2.24, 2.45) is 5.10 Å². The van der Waals surface area contributed by atoms with Gasteiger partial charge < -0.3 is 14.6 Å². The van der Waals surface area contributed by atoms with Crippen molar-refractivity contribution in [2.75, 3.05) is 5.32 Å². The summed E-state index contributed by atoms with van der Waals surface area (Å²) in [5.41, 5.74) is 9.44. The van der Waals surface area contributed by atoms with Crippen LogP contribution in [0.5, 0.6) is 5.75 Å². The number of imidazole rings is 1. The van der Waals surface area contributed by atoms with E-state index in [-0.39, 0.29) is 11.5 Å². The summed E-state index contributed by atoms with van der Waals surface area (Å²) in [5, 5.41) is 8.23. The molecule has 1 aromatic heterocycles. The van der Waals surface area contributed by atoms with Crippen molar-refractivity contribution >= 4 is 40.4 Å². The number of thiocarbonyl (C=S) groups is 1. The van der Waals surface area contributed by atoms with Gasteiger partial charge in [-0.1, -0.05) is 30.3 Å².